The first-order valence-electron chi connectivity index (χ1n) is 4.90. The van der Waals surface area contributed by atoms with Crippen LogP contribution in [0, 0.1) is 0 Å². The van der Waals surface area contributed by atoms with E-state index in [1.165, 1.54) is 18.4 Å². The number of methoxy groups -OCH3 is 1. The molecule has 0 bridgehead atoms. The molecule has 0 radical (unpaired) electrons. The maximum Gasteiger partial charge on any atom is 0.351 e. The predicted molar refractivity (Wildman–Crippen MR) is 74.9 cm³/mol. The largest absolute Gasteiger partial charge is 0.465 e. The molecule has 3 nitrogen and oxygen atoms in total. The van der Waals surface area contributed by atoms with Gasteiger partial charge in [-0.15, -0.1) is 11.3 Å². The second-order valence-corrected chi connectivity index (χ2v) is 5.49. The van der Waals surface area contributed by atoms with Gasteiger partial charge in [0.2, 0.25) is 0 Å². The van der Waals surface area contributed by atoms with Crippen LogP contribution in [0.15, 0.2) is 34.1 Å². The molecule has 1 aromatic heterocycles. The van der Waals surface area contributed by atoms with Crippen molar-refractivity contribution in [2.24, 2.45) is 0 Å². The average Bonchev–Trinajstić information content (AvgIpc) is 2.81. The van der Waals surface area contributed by atoms with E-state index in [9.17, 15) is 4.79 Å². The molecular formula is C12H8BrClO3S. The van der Waals surface area contributed by atoms with Gasteiger partial charge in [0.05, 0.1) is 11.6 Å². The molecule has 1 aromatic carbocycles. The van der Waals surface area contributed by atoms with Crippen molar-refractivity contribution < 1.29 is 14.3 Å². The second kappa shape index (κ2) is 5.73. The molecule has 18 heavy (non-hydrogen) atoms. The van der Waals surface area contributed by atoms with Crippen molar-refractivity contribution in [3.63, 3.8) is 0 Å². The summed E-state index contributed by atoms with van der Waals surface area (Å²) in [5, 5.41) is 2.32. The maximum absolute atomic E-state index is 11.5. The van der Waals surface area contributed by atoms with Crippen LogP contribution in [0.5, 0.6) is 11.5 Å². The predicted octanol–water partition coefficient (Wildman–Crippen LogP) is 4.74. The Bertz CT molecular complexity index is 582. The average molecular weight is 348 g/mol. The van der Waals surface area contributed by atoms with Crippen molar-refractivity contribution in [1.29, 1.82) is 0 Å². The van der Waals surface area contributed by atoms with E-state index in [-0.39, 0.29) is 0 Å². The van der Waals surface area contributed by atoms with Crippen LogP contribution < -0.4 is 4.74 Å². The third kappa shape index (κ3) is 2.85. The molecule has 0 aliphatic rings. The lowest BCUT2D eigenvalue weighted by Crippen LogP contribution is -2.00. The first-order valence-corrected chi connectivity index (χ1v) is 6.95. The Morgan fingerprint density at radius 2 is 2.11 bits per heavy atom. The molecule has 6 heteroatoms. The van der Waals surface area contributed by atoms with E-state index in [4.69, 9.17) is 16.3 Å². The van der Waals surface area contributed by atoms with Gasteiger partial charge in [0, 0.05) is 11.1 Å². The van der Waals surface area contributed by atoms with Gasteiger partial charge >= 0.3 is 5.97 Å². The van der Waals surface area contributed by atoms with E-state index in [2.05, 4.69) is 20.7 Å². The molecule has 0 saturated carbocycles. The van der Waals surface area contributed by atoms with E-state index in [1.807, 2.05) is 0 Å². The van der Waals surface area contributed by atoms with Crippen LogP contribution in [-0.2, 0) is 4.74 Å². The van der Waals surface area contributed by atoms with Crippen molar-refractivity contribution in [2.45, 2.75) is 0 Å². The standard InChI is InChI=1S/C12H8BrClO3S/c1-16-12(15)11-9(4-5-18-11)17-10-6-7(14)2-3-8(10)13/h2-6H,1H3. The lowest BCUT2D eigenvalue weighted by molar-refractivity contribution is 0.0604. The van der Waals surface area contributed by atoms with Crippen molar-refractivity contribution in [2.75, 3.05) is 7.11 Å². The summed E-state index contributed by atoms with van der Waals surface area (Å²) in [6.07, 6.45) is 0. The summed E-state index contributed by atoms with van der Waals surface area (Å²) in [5.74, 6) is 0.582. The van der Waals surface area contributed by atoms with Gasteiger partial charge in [-0.25, -0.2) is 4.79 Å². The van der Waals surface area contributed by atoms with Crippen molar-refractivity contribution in [1.82, 2.24) is 0 Å². The second-order valence-electron chi connectivity index (χ2n) is 3.28. The SMILES string of the molecule is COC(=O)c1sccc1Oc1cc(Cl)ccc1Br. The Labute approximate surface area is 121 Å². The third-order valence-electron chi connectivity index (χ3n) is 2.11. The Balaban J connectivity index is 2.32. The highest BCUT2D eigenvalue weighted by molar-refractivity contribution is 9.10. The van der Waals surface area contributed by atoms with Gasteiger partial charge in [-0.05, 0) is 39.5 Å². The maximum atomic E-state index is 11.5. The Morgan fingerprint density at radius 1 is 1.33 bits per heavy atom. The summed E-state index contributed by atoms with van der Waals surface area (Å²) in [7, 11) is 1.33. The van der Waals surface area contributed by atoms with E-state index >= 15 is 0 Å². The summed E-state index contributed by atoms with van der Waals surface area (Å²) in [5.41, 5.74) is 0. The molecule has 2 aromatic rings. The topological polar surface area (TPSA) is 35.5 Å². The summed E-state index contributed by atoms with van der Waals surface area (Å²) >= 11 is 10.5. The molecule has 1 heterocycles. The molecule has 0 saturated heterocycles. The van der Waals surface area contributed by atoms with Gasteiger partial charge in [-0.2, -0.15) is 0 Å². The number of hydrogen-bond acceptors (Lipinski definition) is 4. The zero-order chi connectivity index (χ0) is 13.1. The highest BCUT2D eigenvalue weighted by atomic mass is 79.9. The number of ether oxygens (including phenoxy) is 2. The molecule has 0 amide bonds. The van der Waals surface area contributed by atoms with Crippen molar-refractivity contribution in [3.8, 4) is 11.5 Å². The van der Waals surface area contributed by atoms with E-state index in [0.717, 1.165) is 4.47 Å². The summed E-state index contributed by atoms with van der Waals surface area (Å²) in [4.78, 5) is 11.9. The zero-order valence-electron chi connectivity index (χ0n) is 9.28. The number of esters is 1. The molecular weight excluding hydrogens is 340 g/mol. The fourth-order valence-corrected chi connectivity index (χ4v) is 2.52. The van der Waals surface area contributed by atoms with Crippen molar-refractivity contribution in [3.05, 3.63) is 44.0 Å². The van der Waals surface area contributed by atoms with Crippen LogP contribution in [-0.4, -0.2) is 13.1 Å². The number of carbonyl (C=O) groups excluding carboxylic acids is 1. The lowest BCUT2D eigenvalue weighted by atomic mass is 10.3. The third-order valence-corrected chi connectivity index (χ3v) is 3.88. The van der Waals surface area contributed by atoms with E-state index in [1.54, 1.807) is 29.6 Å². The summed E-state index contributed by atoms with van der Waals surface area (Å²) in [6.45, 7) is 0. The van der Waals surface area contributed by atoms with Crippen LogP contribution >= 0.6 is 38.9 Å². The fourth-order valence-electron chi connectivity index (χ4n) is 1.29. The number of carbonyl (C=O) groups is 1. The van der Waals surface area contributed by atoms with Gasteiger partial charge in [0.25, 0.3) is 0 Å². The Hall–Kier alpha value is -1.04. The number of hydrogen-bond donors (Lipinski definition) is 0. The lowest BCUT2D eigenvalue weighted by Gasteiger charge is -2.08. The van der Waals surface area contributed by atoms with Gasteiger partial charge in [0.1, 0.15) is 5.75 Å². The minimum Gasteiger partial charge on any atom is -0.465 e. The number of rotatable bonds is 3. The van der Waals surface area contributed by atoms with Crippen molar-refractivity contribution >= 4 is 44.8 Å². The summed E-state index contributed by atoms with van der Waals surface area (Å²) < 4.78 is 11.1. The molecule has 2 rings (SSSR count). The molecule has 0 N–H and O–H groups in total. The van der Waals surface area contributed by atoms with Gasteiger partial charge in [-0.3, -0.25) is 0 Å². The van der Waals surface area contributed by atoms with E-state index in [0.29, 0.717) is 21.4 Å². The highest BCUT2D eigenvalue weighted by Crippen LogP contribution is 2.35. The first kappa shape index (κ1) is 13.4. The Morgan fingerprint density at radius 3 is 2.83 bits per heavy atom. The van der Waals surface area contributed by atoms with Gasteiger partial charge in [0.15, 0.2) is 10.6 Å². The smallest absolute Gasteiger partial charge is 0.351 e. The molecule has 0 atom stereocenters. The molecule has 0 aliphatic carbocycles. The van der Waals surface area contributed by atoms with Gasteiger partial charge < -0.3 is 9.47 Å². The van der Waals surface area contributed by atoms with E-state index < -0.39 is 5.97 Å². The van der Waals surface area contributed by atoms with Crippen LogP contribution in [0.4, 0.5) is 0 Å². The minimum absolute atomic E-state index is 0.418. The Kier molecular flexibility index (Phi) is 4.27. The number of thiophene rings is 1. The highest BCUT2D eigenvalue weighted by Gasteiger charge is 2.16. The summed E-state index contributed by atoms with van der Waals surface area (Å²) in [6, 6.07) is 6.91. The van der Waals surface area contributed by atoms with Crippen LogP contribution in [0.3, 0.4) is 0 Å². The molecule has 0 spiro atoms. The van der Waals surface area contributed by atoms with Crippen LogP contribution in [0.2, 0.25) is 5.02 Å². The monoisotopic (exact) mass is 346 g/mol. The molecule has 0 aliphatic heterocycles. The minimum atomic E-state index is -0.418. The van der Waals surface area contributed by atoms with Crippen LogP contribution in [0.1, 0.15) is 9.67 Å². The normalized spacial score (nSPS) is 10.2. The molecule has 94 valence electrons. The quantitative estimate of drug-likeness (QED) is 0.752. The van der Waals surface area contributed by atoms with Crippen LogP contribution in [0.25, 0.3) is 0 Å². The molecule has 0 unspecified atom stereocenters. The first-order chi connectivity index (χ1) is 8.61. The number of benzene rings is 1. The van der Waals surface area contributed by atoms with Gasteiger partial charge in [-0.1, -0.05) is 11.6 Å². The fraction of sp³-hybridized carbons (Fsp3) is 0.0833. The zero-order valence-corrected chi connectivity index (χ0v) is 12.4. The number of halogens is 2. The molecule has 0 fully saturated rings.